The number of nitrogens with zero attached hydrogens (tertiary/aromatic N) is 3. The predicted molar refractivity (Wildman–Crippen MR) is 211 cm³/mol. The summed E-state index contributed by atoms with van der Waals surface area (Å²) in [6, 6.07) is 25.5. The molecular formula is C46H49N3O3. The maximum absolute atomic E-state index is 7.06. The number of pyridine rings is 1. The van der Waals surface area contributed by atoms with Crippen LogP contribution in [0.3, 0.4) is 0 Å². The molecule has 0 fully saturated rings. The van der Waals surface area contributed by atoms with Crippen molar-refractivity contribution in [1.82, 2.24) is 4.98 Å². The highest BCUT2D eigenvalue weighted by Gasteiger charge is 2.68. The van der Waals surface area contributed by atoms with E-state index in [-0.39, 0.29) is 10.8 Å². The normalized spacial score (nSPS) is 21.0. The molecule has 3 heterocycles. The monoisotopic (exact) mass is 691 g/mol. The van der Waals surface area contributed by atoms with Gasteiger partial charge in [0.15, 0.2) is 17.3 Å². The van der Waals surface area contributed by atoms with Gasteiger partial charge in [0.25, 0.3) is 0 Å². The lowest BCUT2D eigenvalue weighted by atomic mass is 9.70. The number of benzene rings is 4. The van der Waals surface area contributed by atoms with Gasteiger partial charge in [-0.15, -0.1) is 0 Å². The molecule has 0 radical (unpaired) electrons. The minimum Gasteiger partial charge on any atom is -0.467 e. The number of ether oxygens (including phenoxy) is 3. The molecule has 0 saturated heterocycles. The van der Waals surface area contributed by atoms with Gasteiger partial charge in [0.05, 0.1) is 11.4 Å². The van der Waals surface area contributed by atoms with Crippen molar-refractivity contribution < 1.29 is 14.2 Å². The van der Waals surface area contributed by atoms with Gasteiger partial charge in [-0.05, 0) is 135 Å². The van der Waals surface area contributed by atoms with Crippen molar-refractivity contribution in [2.45, 2.75) is 105 Å². The van der Waals surface area contributed by atoms with Gasteiger partial charge in [-0.3, -0.25) is 4.90 Å². The maximum atomic E-state index is 7.06. The van der Waals surface area contributed by atoms with Gasteiger partial charge in [-0.1, -0.05) is 64.4 Å². The molecule has 52 heavy (non-hydrogen) atoms. The van der Waals surface area contributed by atoms with E-state index in [1.807, 2.05) is 12.1 Å². The number of fused-ring (bicyclic) bond motifs is 5. The van der Waals surface area contributed by atoms with E-state index in [4.69, 9.17) is 24.2 Å². The summed E-state index contributed by atoms with van der Waals surface area (Å²) in [7, 11) is 0. The van der Waals surface area contributed by atoms with Gasteiger partial charge in [-0.2, -0.15) is 0 Å². The average Bonchev–Trinajstić information content (AvgIpc) is 3.41. The molecule has 2 atom stereocenters. The standard InChI is InChI=1S/C46H49N3O3/c1-26-18-30(5)40-35(21-26)45(11)46(12,44(40,9)10)52-42(48-45)34-25-38(29(4)22-28(34)3)50-33-20-27(2)19-32(24-33)49-36-16-15-31(43(6,7)8)23-39(36)51-37-14-13-17-47-41(37)49/h13-25H,1-12H3/t45-,46+/m1/s1. The van der Waals surface area contributed by atoms with Crippen LogP contribution in [-0.4, -0.2) is 16.5 Å². The van der Waals surface area contributed by atoms with Crippen LogP contribution >= 0.6 is 0 Å². The molecule has 4 aromatic carbocycles. The van der Waals surface area contributed by atoms with Crippen LogP contribution in [0.5, 0.6) is 23.0 Å². The SMILES string of the molecule is Cc1cc(Oc2cc(C3=N[C@]4(C)c5cc(C)cc(C)c5C(C)(C)[C@]4(C)O3)c(C)cc2C)cc(N2c3ccc(C(C)(C)C)cc3Oc3cccnc32)c1. The molecule has 6 heteroatoms. The first-order chi connectivity index (χ1) is 24.4. The first kappa shape index (κ1) is 34.0. The highest BCUT2D eigenvalue weighted by atomic mass is 16.5. The third-order valence-electron chi connectivity index (χ3n) is 11.9. The van der Waals surface area contributed by atoms with Crippen molar-refractivity contribution in [2.75, 3.05) is 4.90 Å². The summed E-state index contributed by atoms with van der Waals surface area (Å²) in [4.78, 5) is 12.4. The van der Waals surface area contributed by atoms with Crippen molar-refractivity contribution in [2.24, 2.45) is 4.99 Å². The van der Waals surface area contributed by atoms with Crippen LogP contribution < -0.4 is 14.4 Å². The first-order valence-electron chi connectivity index (χ1n) is 18.3. The largest absolute Gasteiger partial charge is 0.467 e. The number of aryl methyl sites for hydroxylation is 5. The summed E-state index contributed by atoms with van der Waals surface area (Å²) in [5.74, 6) is 4.41. The van der Waals surface area contributed by atoms with Crippen molar-refractivity contribution in [3.8, 4) is 23.0 Å². The number of hydrogen-bond acceptors (Lipinski definition) is 6. The molecule has 5 aromatic rings. The maximum Gasteiger partial charge on any atom is 0.218 e. The molecule has 0 spiro atoms. The summed E-state index contributed by atoms with van der Waals surface area (Å²) in [5.41, 5.74) is 11.0. The molecule has 0 unspecified atom stereocenters. The third-order valence-corrected chi connectivity index (χ3v) is 11.9. The molecule has 266 valence electrons. The highest BCUT2D eigenvalue weighted by Crippen LogP contribution is 2.63. The predicted octanol–water partition coefficient (Wildman–Crippen LogP) is 12.0. The van der Waals surface area contributed by atoms with Crippen LogP contribution in [0, 0.1) is 34.6 Å². The summed E-state index contributed by atoms with van der Waals surface area (Å²) < 4.78 is 20.3. The quantitative estimate of drug-likeness (QED) is 0.184. The van der Waals surface area contributed by atoms with Gasteiger partial charge in [-0.25, -0.2) is 9.98 Å². The lowest BCUT2D eigenvalue weighted by molar-refractivity contribution is -0.0137. The van der Waals surface area contributed by atoms with E-state index in [1.54, 1.807) is 6.20 Å². The Hall–Kier alpha value is -5.10. The Balaban J connectivity index is 1.19. The number of aliphatic imine (C=N–C) groups is 1. The van der Waals surface area contributed by atoms with E-state index in [0.717, 1.165) is 56.7 Å². The Bertz CT molecular complexity index is 2350. The topological polar surface area (TPSA) is 56.2 Å². The fourth-order valence-corrected chi connectivity index (χ4v) is 8.80. The summed E-state index contributed by atoms with van der Waals surface area (Å²) in [6.07, 6.45) is 1.80. The van der Waals surface area contributed by atoms with Crippen LogP contribution in [0.4, 0.5) is 17.2 Å². The number of hydrogen-bond donors (Lipinski definition) is 0. The smallest absolute Gasteiger partial charge is 0.218 e. The molecule has 6 nitrogen and oxygen atoms in total. The van der Waals surface area contributed by atoms with E-state index in [9.17, 15) is 0 Å². The number of aromatic nitrogens is 1. The summed E-state index contributed by atoms with van der Waals surface area (Å²) in [6.45, 7) is 26.4. The van der Waals surface area contributed by atoms with Crippen molar-refractivity contribution in [3.05, 3.63) is 129 Å². The molecule has 1 aromatic heterocycles. The van der Waals surface area contributed by atoms with E-state index >= 15 is 0 Å². The Morgan fingerprint density at radius 1 is 0.750 bits per heavy atom. The average molecular weight is 692 g/mol. The Labute approximate surface area is 308 Å². The number of rotatable bonds is 4. The molecule has 0 amide bonds. The van der Waals surface area contributed by atoms with Gasteiger partial charge < -0.3 is 14.2 Å². The van der Waals surface area contributed by atoms with Crippen LogP contribution in [0.2, 0.25) is 0 Å². The van der Waals surface area contributed by atoms with Gasteiger partial charge in [0.1, 0.15) is 22.6 Å². The van der Waals surface area contributed by atoms with E-state index < -0.39 is 11.1 Å². The zero-order valence-corrected chi connectivity index (χ0v) is 32.6. The molecule has 0 N–H and O–H groups in total. The first-order valence-corrected chi connectivity index (χ1v) is 18.3. The van der Waals surface area contributed by atoms with Gasteiger partial charge in [0, 0.05) is 23.2 Å². The second-order valence-electron chi connectivity index (χ2n) is 17.0. The second kappa shape index (κ2) is 11.2. The zero-order chi connectivity index (χ0) is 37.1. The van der Waals surface area contributed by atoms with E-state index in [1.165, 1.54) is 27.8 Å². The molecule has 0 bridgehead atoms. The third kappa shape index (κ3) is 4.90. The van der Waals surface area contributed by atoms with Crippen molar-refractivity contribution in [3.63, 3.8) is 0 Å². The van der Waals surface area contributed by atoms with Crippen molar-refractivity contribution >= 4 is 23.1 Å². The molecule has 3 aliphatic rings. The lowest BCUT2D eigenvalue weighted by Crippen LogP contribution is -2.51. The molecular weight excluding hydrogens is 643 g/mol. The molecule has 2 aliphatic heterocycles. The lowest BCUT2D eigenvalue weighted by Gasteiger charge is -2.41. The fourth-order valence-electron chi connectivity index (χ4n) is 8.80. The van der Waals surface area contributed by atoms with Crippen LogP contribution in [0.25, 0.3) is 0 Å². The Morgan fingerprint density at radius 2 is 1.50 bits per heavy atom. The summed E-state index contributed by atoms with van der Waals surface area (Å²) in [5, 5.41) is 0. The highest BCUT2D eigenvalue weighted by molar-refractivity contribution is 5.99. The fraction of sp³-hybridized carbons (Fsp3) is 0.348. The summed E-state index contributed by atoms with van der Waals surface area (Å²) >= 11 is 0. The molecule has 1 aliphatic carbocycles. The molecule has 0 saturated carbocycles. The van der Waals surface area contributed by atoms with Crippen molar-refractivity contribution in [1.29, 1.82) is 0 Å². The Morgan fingerprint density at radius 3 is 2.25 bits per heavy atom. The second-order valence-corrected chi connectivity index (χ2v) is 17.0. The van der Waals surface area contributed by atoms with Crippen LogP contribution in [0.1, 0.15) is 98.5 Å². The van der Waals surface area contributed by atoms with Crippen LogP contribution in [-0.2, 0) is 21.1 Å². The molecule has 8 rings (SSSR count). The van der Waals surface area contributed by atoms with Gasteiger partial charge in [0.2, 0.25) is 5.90 Å². The Kier molecular flexibility index (Phi) is 7.32. The number of anilines is 3. The minimum absolute atomic E-state index is 0.0182. The minimum atomic E-state index is -0.563. The van der Waals surface area contributed by atoms with Gasteiger partial charge >= 0.3 is 0 Å². The van der Waals surface area contributed by atoms with Crippen LogP contribution in [0.15, 0.2) is 84.0 Å². The van der Waals surface area contributed by atoms with E-state index in [2.05, 4.69) is 149 Å². The zero-order valence-electron chi connectivity index (χ0n) is 32.6. The van der Waals surface area contributed by atoms with E-state index in [0.29, 0.717) is 11.6 Å².